The molecule has 1 aliphatic carbocycles. The van der Waals surface area contributed by atoms with E-state index in [9.17, 15) is 4.91 Å². The molecule has 4 heteroatoms. The van der Waals surface area contributed by atoms with Crippen molar-refractivity contribution in [1.29, 1.82) is 0 Å². The van der Waals surface area contributed by atoms with Crippen LogP contribution in [0.15, 0.2) is 5.29 Å². The van der Waals surface area contributed by atoms with E-state index in [0.29, 0.717) is 0 Å². The number of piperazine rings is 1. The first-order valence-electron chi connectivity index (χ1n) is 4.72. The van der Waals surface area contributed by atoms with E-state index in [1.165, 1.54) is 19.3 Å². The molecular weight excluding hydrogens is 154 g/mol. The third kappa shape index (κ3) is 1.43. The van der Waals surface area contributed by atoms with Gasteiger partial charge >= 0.3 is 0 Å². The van der Waals surface area contributed by atoms with Crippen LogP contribution in [0.5, 0.6) is 0 Å². The maximum atomic E-state index is 10.2. The molecule has 0 spiro atoms. The van der Waals surface area contributed by atoms with Crippen LogP contribution >= 0.6 is 0 Å². The summed E-state index contributed by atoms with van der Waals surface area (Å²) in [6.45, 7) is 3.69. The van der Waals surface area contributed by atoms with Crippen molar-refractivity contribution >= 4 is 0 Å². The Balaban J connectivity index is 1.77. The van der Waals surface area contributed by atoms with E-state index in [1.807, 2.05) is 0 Å². The summed E-state index contributed by atoms with van der Waals surface area (Å²) in [5.74, 6) is 0. The summed E-state index contributed by atoms with van der Waals surface area (Å²) in [5.41, 5.74) is 0. The normalized spacial score (nSPS) is 26.8. The van der Waals surface area contributed by atoms with Crippen molar-refractivity contribution in [2.24, 2.45) is 5.29 Å². The number of hydrogen-bond donors (Lipinski definition) is 0. The second-order valence-electron chi connectivity index (χ2n) is 3.66. The van der Waals surface area contributed by atoms with E-state index in [4.69, 9.17) is 0 Å². The highest BCUT2D eigenvalue weighted by Gasteiger charge is 2.27. The number of rotatable bonds is 2. The van der Waals surface area contributed by atoms with Gasteiger partial charge in [-0.25, -0.2) is 0 Å². The third-order valence-electron chi connectivity index (χ3n) is 3.00. The van der Waals surface area contributed by atoms with E-state index >= 15 is 0 Å². The van der Waals surface area contributed by atoms with E-state index in [1.54, 1.807) is 5.01 Å². The standard InChI is InChI=1S/C8H15N3O/c12-9-11-6-4-10(5-7-11)8-2-1-3-8/h8H,1-7H2. The van der Waals surface area contributed by atoms with Gasteiger partial charge in [-0.05, 0) is 12.8 Å². The molecule has 0 aromatic carbocycles. The molecule has 0 aromatic rings. The molecule has 12 heavy (non-hydrogen) atoms. The molecule has 2 rings (SSSR count). The van der Waals surface area contributed by atoms with Gasteiger partial charge in [0.1, 0.15) is 0 Å². The van der Waals surface area contributed by atoms with E-state index < -0.39 is 0 Å². The van der Waals surface area contributed by atoms with E-state index in [0.717, 1.165) is 32.2 Å². The van der Waals surface area contributed by atoms with Crippen LogP contribution in [0.4, 0.5) is 0 Å². The van der Waals surface area contributed by atoms with Crippen LogP contribution in [-0.4, -0.2) is 42.1 Å². The third-order valence-corrected chi connectivity index (χ3v) is 3.00. The zero-order valence-electron chi connectivity index (χ0n) is 7.28. The van der Waals surface area contributed by atoms with Gasteiger partial charge < -0.3 is 0 Å². The molecule has 1 saturated carbocycles. The molecule has 0 amide bonds. The number of hydrogen-bond acceptors (Lipinski definition) is 3. The van der Waals surface area contributed by atoms with Crippen molar-refractivity contribution < 1.29 is 0 Å². The molecular formula is C8H15N3O. The molecule has 2 aliphatic rings. The zero-order chi connectivity index (χ0) is 8.39. The van der Waals surface area contributed by atoms with Crippen LogP contribution < -0.4 is 0 Å². The summed E-state index contributed by atoms with van der Waals surface area (Å²) < 4.78 is 0. The van der Waals surface area contributed by atoms with Crippen LogP contribution in [-0.2, 0) is 0 Å². The first-order valence-corrected chi connectivity index (χ1v) is 4.72. The van der Waals surface area contributed by atoms with Crippen molar-refractivity contribution in [2.45, 2.75) is 25.3 Å². The molecule has 0 atom stereocenters. The number of nitroso groups, excluding NO2 is 1. The molecule has 0 aromatic heterocycles. The van der Waals surface area contributed by atoms with Gasteiger partial charge in [-0.2, -0.15) is 0 Å². The Morgan fingerprint density at radius 2 is 1.75 bits per heavy atom. The fourth-order valence-corrected chi connectivity index (χ4v) is 1.91. The SMILES string of the molecule is O=NN1CCN(C2CCC2)CC1. The zero-order valence-corrected chi connectivity index (χ0v) is 7.28. The first-order chi connectivity index (χ1) is 5.90. The van der Waals surface area contributed by atoms with E-state index in [-0.39, 0.29) is 0 Å². The van der Waals surface area contributed by atoms with Gasteiger partial charge in [0, 0.05) is 19.1 Å². The van der Waals surface area contributed by atoms with Crippen LogP contribution in [0.1, 0.15) is 19.3 Å². The number of nitrogens with zero attached hydrogens (tertiary/aromatic N) is 3. The van der Waals surface area contributed by atoms with Gasteiger partial charge in [0.15, 0.2) is 0 Å². The molecule has 0 radical (unpaired) electrons. The quantitative estimate of drug-likeness (QED) is 0.575. The minimum atomic E-state index is 0.818. The summed E-state index contributed by atoms with van der Waals surface area (Å²) >= 11 is 0. The largest absolute Gasteiger partial charge is 0.297 e. The highest BCUT2D eigenvalue weighted by Crippen LogP contribution is 2.25. The summed E-state index contributed by atoms with van der Waals surface area (Å²) in [4.78, 5) is 12.7. The summed E-state index contributed by atoms with van der Waals surface area (Å²) in [5, 5.41) is 4.56. The summed E-state index contributed by atoms with van der Waals surface area (Å²) in [7, 11) is 0. The van der Waals surface area contributed by atoms with Gasteiger partial charge in [-0.3, -0.25) is 9.91 Å². The minimum absolute atomic E-state index is 0.818. The lowest BCUT2D eigenvalue weighted by Gasteiger charge is -2.41. The van der Waals surface area contributed by atoms with Gasteiger partial charge in [-0.1, -0.05) is 6.42 Å². The Kier molecular flexibility index (Phi) is 2.26. The Morgan fingerprint density at radius 1 is 1.08 bits per heavy atom. The molecule has 2 fully saturated rings. The fraction of sp³-hybridized carbons (Fsp3) is 1.00. The smallest absolute Gasteiger partial charge is 0.0524 e. The molecule has 0 unspecified atom stereocenters. The van der Waals surface area contributed by atoms with Crippen molar-refractivity contribution in [3.05, 3.63) is 4.91 Å². The monoisotopic (exact) mass is 169 g/mol. The first kappa shape index (κ1) is 7.98. The van der Waals surface area contributed by atoms with Crippen LogP contribution in [0.3, 0.4) is 0 Å². The van der Waals surface area contributed by atoms with Gasteiger partial charge in [0.05, 0.1) is 18.4 Å². The van der Waals surface area contributed by atoms with E-state index in [2.05, 4.69) is 10.2 Å². The van der Waals surface area contributed by atoms with Gasteiger partial charge in [-0.15, -0.1) is 4.91 Å². The van der Waals surface area contributed by atoms with Gasteiger partial charge in [0.2, 0.25) is 0 Å². The second-order valence-corrected chi connectivity index (χ2v) is 3.66. The second kappa shape index (κ2) is 3.39. The minimum Gasteiger partial charge on any atom is -0.297 e. The molecule has 1 heterocycles. The van der Waals surface area contributed by atoms with Crippen molar-refractivity contribution in [3.63, 3.8) is 0 Å². The molecule has 4 nitrogen and oxygen atoms in total. The Bertz CT molecular complexity index is 162. The maximum absolute atomic E-state index is 10.2. The lowest BCUT2D eigenvalue weighted by Crippen LogP contribution is -2.50. The Morgan fingerprint density at radius 3 is 2.17 bits per heavy atom. The van der Waals surface area contributed by atoms with Crippen molar-refractivity contribution in [3.8, 4) is 0 Å². The average molecular weight is 169 g/mol. The predicted octanol–water partition coefficient (Wildman–Crippen LogP) is 0.838. The van der Waals surface area contributed by atoms with Crippen molar-refractivity contribution in [1.82, 2.24) is 9.91 Å². The summed E-state index contributed by atoms with van der Waals surface area (Å²) in [6, 6.07) is 0.818. The highest BCUT2D eigenvalue weighted by molar-refractivity contribution is 4.83. The average Bonchev–Trinajstić information content (AvgIpc) is 2.03. The predicted molar refractivity (Wildman–Crippen MR) is 46.6 cm³/mol. The fourth-order valence-electron chi connectivity index (χ4n) is 1.91. The lowest BCUT2D eigenvalue weighted by molar-refractivity contribution is 0.0623. The highest BCUT2D eigenvalue weighted by atomic mass is 16.3. The maximum Gasteiger partial charge on any atom is 0.0524 e. The lowest BCUT2D eigenvalue weighted by atomic mass is 9.91. The molecule has 1 saturated heterocycles. The Labute approximate surface area is 72.5 Å². The van der Waals surface area contributed by atoms with Crippen LogP contribution in [0.2, 0.25) is 0 Å². The van der Waals surface area contributed by atoms with Crippen molar-refractivity contribution in [2.75, 3.05) is 26.2 Å². The van der Waals surface area contributed by atoms with Crippen LogP contribution in [0.25, 0.3) is 0 Å². The van der Waals surface area contributed by atoms with Crippen LogP contribution in [0, 0.1) is 4.91 Å². The topological polar surface area (TPSA) is 35.9 Å². The molecule has 0 bridgehead atoms. The molecule has 1 aliphatic heterocycles. The Hall–Kier alpha value is -0.640. The molecule has 68 valence electrons. The van der Waals surface area contributed by atoms with Gasteiger partial charge in [0.25, 0.3) is 0 Å². The molecule has 0 N–H and O–H groups in total. The summed E-state index contributed by atoms with van der Waals surface area (Å²) in [6.07, 6.45) is 4.10.